The Kier molecular flexibility index (Phi) is 7.30. The second kappa shape index (κ2) is 10.6. The van der Waals surface area contributed by atoms with Crippen LogP contribution in [0, 0.1) is 5.82 Å². The van der Waals surface area contributed by atoms with Crippen LogP contribution in [0.25, 0.3) is 17.0 Å². The Balaban J connectivity index is 1.36. The second-order valence-electron chi connectivity index (χ2n) is 8.63. The van der Waals surface area contributed by atoms with Gasteiger partial charge in [-0.05, 0) is 53.1 Å². The first-order valence-corrected chi connectivity index (χ1v) is 12.6. The van der Waals surface area contributed by atoms with Crippen LogP contribution in [0.5, 0.6) is 0 Å². The molecule has 0 saturated heterocycles. The third-order valence-corrected chi connectivity index (χ3v) is 6.98. The van der Waals surface area contributed by atoms with Crippen LogP contribution in [-0.2, 0) is 19.5 Å². The van der Waals surface area contributed by atoms with Crippen molar-refractivity contribution < 1.29 is 9.18 Å². The molecule has 36 heavy (non-hydrogen) atoms. The molecule has 0 radical (unpaired) electrons. The van der Waals surface area contributed by atoms with Crippen molar-refractivity contribution in [3.63, 3.8) is 0 Å². The number of carbonyl (C=O) groups is 1. The largest absolute Gasteiger partial charge is 0.333 e. The van der Waals surface area contributed by atoms with E-state index in [-0.39, 0.29) is 11.1 Å². The Hall–Kier alpha value is -2.90. The van der Waals surface area contributed by atoms with E-state index in [1.807, 2.05) is 36.4 Å². The van der Waals surface area contributed by atoms with Crippen LogP contribution in [0.4, 0.5) is 9.18 Å². The summed E-state index contributed by atoms with van der Waals surface area (Å²) in [7, 11) is 0. The van der Waals surface area contributed by atoms with Gasteiger partial charge in [-0.2, -0.15) is 0 Å². The molecular formula is C27H22Cl3FN4O. The molecular weight excluding hydrogens is 522 g/mol. The summed E-state index contributed by atoms with van der Waals surface area (Å²) in [4.78, 5) is 19.6. The average molecular weight is 544 g/mol. The van der Waals surface area contributed by atoms with Crippen LogP contribution in [0.15, 0.2) is 60.8 Å². The van der Waals surface area contributed by atoms with Crippen LogP contribution in [0.2, 0.25) is 15.2 Å². The van der Waals surface area contributed by atoms with E-state index in [2.05, 4.69) is 15.2 Å². The van der Waals surface area contributed by atoms with Gasteiger partial charge in [0, 0.05) is 54.9 Å². The Labute approximate surface area is 223 Å². The van der Waals surface area contributed by atoms with Crippen LogP contribution in [0.1, 0.15) is 22.4 Å². The first-order valence-electron chi connectivity index (χ1n) is 11.4. The molecule has 0 spiro atoms. The second-order valence-corrected chi connectivity index (χ2v) is 9.86. The number of nitrogens with zero attached hydrogens (tertiary/aromatic N) is 3. The number of hydrogen-bond acceptors (Lipinski definition) is 3. The molecule has 0 atom stereocenters. The number of benzene rings is 2. The molecule has 0 bridgehead atoms. The van der Waals surface area contributed by atoms with Crippen molar-refractivity contribution in [1.29, 1.82) is 0 Å². The minimum Gasteiger partial charge on any atom is -0.333 e. The lowest BCUT2D eigenvalue weighted by Crippen LogP contribution is -2.34. The zero-order valence-corrected chi connectivity index (χ0v) is 21.4. The first-order chi connectivity index (χ1) is 17.4. The van der Waals surface area contributed by atoms with Crippen molar-refractivity contribution in [2.75, 3.05) is 13.1 Å². The molecule has 4 aromatic rings. The highest BCUT2D eigenvalue weighted by Crippen LogP contribution is 2.32. The van der Waals surface area contributed by atoms with E-state index in [9.17, 15) is 9.18 Å². The maximum atomic E-state index is 13.4. The molecule has 0 unspecified atom stereocenters. The summed E-state index contributed by atoms with van der Waals surface area (Å²) in [6, 6.07) is 13.7. The van der Waals surface area contributed by atoms with Crippen molar-refractivity contribution in [3.8, 4) is 0 Å². The lowest BCUT2D eigenvalue weighted by atomic mass is 10.0. The van der Waals surface area contributed by atoms with Crippen LogP contribution < -0.4 is 5.32 Å². The maximum absolute atomic E-state index is 13.4. The highest BCUT2D eigenvalue weighted by Gasteiger charge is 2.26. The van der Waals surface area contributed by atoms with E-state index in [1.54, 1.807) is 29.0 Å². The van der Waals surface area contributed by atoms with Gasteiger partial charge in [-0.15, -0.1) is 0 Å². The number of rotatable bonds is 5. The van der Waals surface area contributed by atoms with Gasteiger partial charge < -0.3 is 5.32 Å². The van der Waals surface area contributed by atoms with Crippen molar-refractivity contribution in [1.82, 2.24) is 19.8 Å². The van der Waals surface area contributed by atoms with Crippen LogP contribution in [-0.4, -0.2) is 33.6 Å². The fourth-order valence-electron chi connectivity index (χ4n) is 4.54. The number of amides is 1. The van der Waals surface area contributed by atoms with Gasteiger partial charge in [0.1, 0.15) is 11.0 Å². The van der Waals surface area contributed by atoms with E-state index < -0.39 is 5.82 Å². The number of fused-ring (bicyclic) bond motifs is 3. The van der Waals surface area contributed by atoms with Gasteiger partial charge in [-0.3, -0.25) is 9.47 Å². The monoisotopic (exact) mass is 542 g/mol. The molecule has 184 valence electrons. The van der Waals surface area contributed by atoms with Gasteiger partial charge in [-0.25, -0.2) is 14.2 Å². The quantitative estimate of drug-likeness (QED) is 0.277. The van der Waals surface area contributed by atoms with Crippen molar-refractivity contribution in [2.24, 2.45) is 0 Å². The first kappa shape index (κ1) is 24.8. The van der Waals surface area contributed by atoms with Gasteiger partial charge in [0.25, 0.3) is 0 Å². The molecule has 1 N–H and O–H groups in total. The smallest absolute Gasteiger partial charge is 0.326 e. The molecule has 1 aliphatic heterocycles. The molecule has 0 saturated carbocycles. The van der Waals surface area contributed by atoms with Gasteiger partial charge in [0.15, 0.2) is 0 Å². The predicted octanol–water partition coefficient (Wildman–Crippen LogP) is 6.97. The van der Waals surface area contributed by atoms with Crippen molar-refractivity contribution in [2.45, 2.75) is 19.5 Å². The molecule has 2 aromatic heterocycles. The zero-order chi connectivity index (χ0) is 25.2. The Bertz CT molecular complexity index is 1480. The number of hydrogen-bond donors (Lipinski definition) is 1. The Morgan fingerprint density at radius 2 is 1.97 bits per heavy atom. The SMILES string of the molecule is O=C(NCc1ccnc(Cl)c1)n1c2c(c3ccc(Cl)cc31)CN(CC=Cc1ccc(F)c(Cl)c1)CC2. The fourth-order valence-corrected chi connectivity index (χ4v) is 5.09. The van der Waals surface area contributed by atoms with E-state index >= 15 is 0 Å². The Morgan fingerprint density at radius 1 is 1.11 bits per heavy atom. The number of halogens is 4. The topological polar surface area (TPSA) is 50.2 Å². The predicted molar refractivity (Wildman–Crippen MR) is 143 cm³/mol. The highest BCUT2D eigenvalue weighted by atomic mass is 35.5. The summed E-state index contributed by atoms with van der Waals surface area (Å²) < 4.78 is 15.1. The number of pyridine rings is 1. The minimum absolute atomic E-state index is 0.108. The zero-order valence-electron chi connectivity index (χ0n) is 19.1. The standard InChI is InChI=1S/C27H22Cl3FN4O/c28-19-4-5-20-21-16-34(10-1-2-17-3-6-23(31)22(29)12-17)11-8-24(21)35(25(20)14-19)27(36)33-15-18-7-9-32-26(30)13-18/h1-7,9,12-14H,8,10-11,15-16H2,(H,33,36). The van der Waals surface area contributed by atoms with Gasteiger partial charge >= 0.3 is 6.03 Å². The summed E-state index contributed by atoms with van der Waals surface area (Å²) in [5.41, 5.74) is 4.61. The van der Waals surface area contributed by atoms with E-state index in [1.165, 1.54) is 6.07 Å². The maximum Gasteiger partial charge on any atom is 0.326 e. The van der Waals surface area contributed by atoms with E-state index in [0.717, 1.165) is 39.8 Å². The summed E-state index contributed by atoms with van der Waals surface area (Å²) in [6.07, 6.45) is 6.30. The molecule has 3 heterocycles. The van der Waals surface area contributed by atoms with E-state index in [0.29, 0.717) is 36.2 Å². The molecule has 5 rings (SSSR count). The lowest BCUT2D eigenvalue weighted by Gasteiger charge is -2.27. The summed E-state index contributed by atoms with van der Waals surface area (Å²) in [6.45, 7) is 2.53. The minimum atomic E-state index is -0.428. The average Bonchev–Trinajstić information content (AvgIpc) is 3.17. The molecule has 1 aliphatic rings. The van der Waals surface area contributed by atoms with E-state index in [4.69, 9.17) is 34.8 Å². The summed E-state index contributed by atoms with van der Waals surface area (Å²) >= 11 is 18.2. The number of aromatic nitrogens is 2. The van der Waals surface area contributed by atoms with Gasteiger partial charge in [0.2, 0.25) is 0 Å². The fraction of sp³-hybridized carbons (Fsp3) is 0.185. The number of nitrogens with one attached hydrogen (secondary N) is 1. The molecule has 5 nitrogen and oxygen atoms in total. The Morgan fingerprint density at radius 3 is 2.78 bits per heavy atom. The van der Waals surface area contributed by atoms with Crippen LogP contribution >= 0.6 is 34.8 Å². The van der Waals surface area contributed by atoms with Gasteiger partial charge in [0.05, 0.1) is 10.5 Å². The summed E-state index contributed by atoms with van der Waals surface area (Å²) in [5.74, 6) is -0.428. The molecule has 0 aliphatic carbocycles. The van der Waals surface area contributed by atoms with Crippen molar-refractivity contribution in [3.05, 3.63) is 104 Å². The molecule has 1 amide bonds. The third kappa shape index (κ3) is 5.27. The third-order valence-electron chi connectivity index (χ3n) is 6.25. The molecule has 2 aromatic carbocycles. The highest BCUT2D eigenvalue weighted by molar-refractivity contribution is 6.31. The molecule has 0 fully saturated rings. The summed E-state index contributed by atoms with van der Waals surface area (Å²) in [5, 5.41) is 5.07. The molecule has 9 heteroatoms. The van der Waals surface area contributed by atoms with Gasteiger partial charge in [-0.1, -0.05) is 59.1 Å². The normalized spacial score (nSPS) is 13.9. The van der Waals surface area contributed by atoms with Crippen molar-refractivity contribution >= 4 is 57.8 Å². The van der Waals surface area contributed by atoms with Crippen LogP contribution in [0.3, 0.4) is 0 Å². The lowest BCUT2D eigenvalue weighted by molar-refractivity contribution is 0.240. The number of carbonyl (C=O) groups excluding carboxylic acids is 1.